The molecular weight excluding hydrogens is 204 g/mol. The van der Waals surface area contributed by atoms with Gasteiger partial charge in [0.2, 0.25) is 0 Å². The molecule has 99 valence electrons. The van der Waals surface area contributed by atoms with Crippen LogP contribution in [0.25, 0.3) is 0 Å². The van der Waals surface area contributed by atoms with Gasteiger partial charge in [-0.1, -0.05) is 89.5 Å². The van der Waals surface area contributed by atoms with E-state index < -0.39 is 0 Å². The maximum Gasteiger partial charge on any atom is -0.0348 e. The predicted molar refractivity (Wildman–Crippen MR) is 80.1 cm³/mol. The minimum Gasteiger partial charge on any atom is -0.0845 e. The number of rotatable bonds is 12. The molecule has 0 spiro atoms. The molecule has 0 aromatic carbocycles. The Hall–Kier alpha value is -0.520. The summed E-state index contributed by atoms with van der Waals surface area (Å²) >= 11 is 0. The number of hydrogen-bond donors (Lipinski definition) is 0. The van der Waals surface area contributed by atoms with Crippen LogP contribution in [0.15, 0.2) is 24.3 Å². The molecule has 0 atom stereocenters. The highest BCUT2D eigenvalue weighted by Crippen LogP contribution is 2.08. The molecule has 0 aromatic rings. The molecule has 17 heavy (non-hydrogen) atoms. The maximum atomic E-state index is 3.86. The lowest BCUT2D eigenvalue weighted by atomic mass is 10.1. The van der Waals surface area contributed by atoms with E-state index in [4.69, 9.17) is 0 Å². The van der Waals surface area contributed by atoms with E-state index in [0.717, 1.165) is 6.42 Å². The number of allylic oxidation sites excluding steroid dienone is 4. The second kappa shape index (κ2) is 15.5. The van der Waals surface area contributed by atoms with Gasteiger partial charge >= 0.3 is 0 Å². The zero-order valence-corrected chi connectivity index (χ0v) is 11.8. The van der Waals surface area contributed by atoms with E-state index in [-0.39, 0.29) is 0 Å². The largest absolute Gasteiger partial charge is 0.0845 e. The van der Waals surface area contributed by atoms with Crippen LogP contribution in [0, 0.1) is 6.92 Å². The van der Waals surface area contributed by atoms with Gasteiger partial charge in [0, 0.05) is 0 Å². The fourth-order valence-electron chi connectivity index (χ4n) is 1.82. The third kappa shape index (κ3) is 15.5. The Bertz CT molecular complexity index is 176. The van der Waals surface area contributed by atoms with Crippen LogP contribution < -0.4 is 0 Å². The van der Waals surface area contributed by atoms with Crippen molar-refractivity contribution in [2.75, 3.05) is 0 Å². The average Bonchev–Trinajstić information content (AvgIpc) is 2.35. The van der Waals surface area contributed by atoms with E-state index in [1.165, 1.54) is 64.2 Å². The van der Waals surface area contributed by atoms with Gasteiger partial charge in [-0.05, 0) is 19.3 Å². The first-order valence-electron chi connectivity index (χ1n) is 7.52. The zero-order valence-electron chi connectivity index (χ0n) is 11.8. The minimum absolute atomic E-state index is 1.10. The molecule has 0 heteroatoms. The van der Waals surface area contributed by atoms with Gasteiger partial charge in [-0.25, -0.2) is 0 Å². The first kappa shape index (κ1) is 16.5. The summed E-state index contributed by atoms with van der Waals surface area (Å²) in [5.41, 5.74) is 0. The Kier molecular flexibility index (Phi) is 15.0. The lowest BCUT2D eigenvalue weighted by Crippen LogP contribution is -1.78. The number of unbranched alkanes of at least 4 members (excludes halogenated alkanes) is 9. The molecule has 0 aromatic heterocycles. The quantitative estimate of drug-likeness (QED) is 0.277. The van der Waals surface area contributed by atoms with Crippen molar-refractivity contribution in [3.05, 3.63) is 31.2 Å². The van der Waals surface area contributed by atoms with E-state index in [1.54, 1.807) is 0 Å². The Morgan fingerprint density at radius 1 is 0.706 bits per heavy atom. The highest BCUT2D eigenvalue weighted by Gasteiger charge is 1.88. The summed E-state index contributed by atoms with van der Waals surface area (Å²) in [6.07, 6.45) is 23.4. The Morgan fingerprint density at radius 2 is 1.24 bits per heavy atom. The van der Waals surface area contributed by atoms with Crippen molar-refractivity contribution in [3.63, 3.8) is 0 Å². The molecule has 0 rings (SSSR count). The van der Waals surface area contributed by atoms with Gasteiger partial charge in [-0.15, -0.1) is 0 Å². The van der Waals surface area contributed by atoms with E-state index in [1.807, 2.05) is 0 Å². The van der Waals surface area contributed by atoms with Crippen LogP contribution >= 0.6 is 0 Å². The third-order valence-corrected chi connectivity index (χ3v) is 2.98. The predicted octanol–water partition coefficient (Wildman–Crippen LogP) is 6.24. The van der Waals surface area contributed by atoms with Crippen LogP contribution in [0.4, 0.5) is 0 Å². The maximum absolute atomic E-state index is 3.86. The molecule has 1 radical (unpaired) electrons. The normalized spacial score (nSPS) is 11.9. The summed E-state index contributed by atoms with van der Waals surface area (Å²) in [4.78, 5) is 0. The van der Waals surface area contributed by atoms with Gasteiger partial charge < -0.3 is 0 Å². The molecule has 0 heterocycles. The van der Waals surface area contributed by atoms with Crippen molar-refractivity contribution >= 4 is 0 Å². The molecule has 0 aliphatic carbocycles. The zero-order chi connectivity index (χ0) is 12.6. The minimum atomic E-state index is 1.10. The summed E-state index contributed by atoms with van der Waals surface area (Å²) in [5, 5.41) is 0. The van der Waals surface area contributed by atoms with Gasteiger partial charge in [-0.2, -0.15) is 0 Å². The Balaban J connectivity index is 3.11. The standard InChI is InChI=1S/C17H31/c1-3-5-7-9-11-13-15-17-16-14-12-10-8-6-4-2/h10,12,14,16H,1,3-9,11,13,15,17H2,2H3/b12-10+,16-14+. The van der Waals surface area contributed by atoms with E-state index in [0.29, 0.717) is 0 Å². The highest BCUT2D eigenvalue weighted by molar-refractivity contribution is 5.02. The second-order valence-corrected chi connectivity index (χ2v) is 4.76. The van der Waals surface area contributed by atoms with Gasteiger partial charge in [0.1, 0.15) is 0 Å². The molecule has 0 unspecified atom stereocenters. The van der Waals surface area contributed by atoms with Crippen molar-refractivity contribution in [1.82, 2.24) is 0 Å². The molecular formula is C17H31. The van der Waals surface area contributed by atoms with Gasteiger partial charge in [0.15, 0.2) is 0 Å². The highest BCUT2D eigenvalue weighted by atomic mass is 13.9. The molecule has 0 aliphatic heterocycles. The van der Waals surface area contributed by atoms with E-state index in [9.17, 15) is 0 Å². The van der Waals surface area contributed by atoms with Crippen LogP contribution in [0.1, 0.15) is 77.6 Å². The van der Waals surface area contributed by atoms with E-state index >= 15 is 0 Å². The fourth-order valence-corrected chi connectivity index (χ4v) is 1.82. The summed E-state index contributed by atoms with van der Waals surface area (Å²) in [6.45, 7) is 6.10. The molecule has 0 aliphatic rings. The summed E-state index contributed by atoms with van der Waals surface area (Å²) in [6, 6.07) is 0. The van der Waals surface area contributed by atoms with Crippen molar-refractivity contribution in [2.24, 2.45) is 0 Å². The second-order valence-electron chi connectivity index (χ2n) is 4.76. The average molecular weight is 235 g/mol. The summed E-state index contributed by atoms with van der Waals surface area (Å²) < 4.78 is 0. The molecule has 0 amide bonds. The lowest BCUT2D eigenvalue weighted by Gasteiger charge is -1.98. The Morgan fingerprint density at radius 3 is 1.82 bits per heavy atom. The van der Waals surface area contributed by atoms with Crippen LogP contribution in [0.5, 0.6) is 0 Å². The van der Waals surface area contributed by atoms with Crippen molar-refractivity contribution < 1.29 is 0 Å². The molecule has 0 saturated heterocycles. The smallest absolute Gasteiger partial charge is 0.0348 e. The van der Waals surface area contributed by atoms with Gasteiger partial charge in [-0.3, -0.25) is 0 Å². The molecule has 0 saturated carbocycles. The van der Waals surface area contributed by atoms with Crippen LogP contribution in [0.2, 0.25) is 0 Å². The third-order valence-electron chi connectivity index (χ3n) is 2.98. The SMILES string of the molecule is [CH2]CCCCCCCC/C=C/C=C/CCCC. The van der Waals surface area contributed by atoms with Crippen molar-refractivity contribution in [2.45, 2.75) is 77.6 Å². The van der Waals surface area contributed by atoms with Gasteiger partial charge in [0.25, 0.3) is 0 Å². The topological polar surface area (TPSA) is 0 Å². The van der Waals surface area contributed by atoms with Crippen LogP contribution in [0.3, 0.4) is 0 Å². The first-order chi connectivity index (χ1) is 8.41. The number of hydrogen-bond acceptors (Lipinski definition) is 0. The van der Waals surface area contributed by atoms with Crippen molar-refractivity contribution in [1.29, 1.82) is 0 Å². The molecule has 0 fully saturated rings. The van der Waals surface area contributed by atoms with Gasteiger partial charge in [0.05, 0.1) is 0 Å². The van der Waals surface area contributed by atoms with Crippen LogP contribution in [-0.2, 0) is 0 Å². The van der Waals surface area contributed by atoms with Crippen molar-refractivity contribution in [3.8, 4) is 0 Å². The summed E-state index contributed by atoms with van der Waals surface area (Å²) in [5.74, 6) is 0. The van der Waals surface area contributed by atoms with Crippen LogP contribution in [-0.4, -0.2) is 0 Å². The lowest BCUT2D eigenvalue weighted by molar-refractivity contribution is 0.599. The summed E-state index contributed by atoms with van der Waals surface area (Å²) in [7, 11) is 0. The molecule has 0 bridgehead atoms. The van der Waals surface area contributed by atoms with E-state index in [2.05, 4.69) is 38.2 Å². The Labute approximate surface area is 109 Å². The molecule has 0 N–H and O–H groups in total. The molecule has 0 nitrogen and oxygen atoms in total. The monoisotopic (exact) mass is 235 g/mol. The fraction of sp³-hybridized carbons (Fsp3) is 0.706. The first-order valence-corrected chi connectivity index (χ1v) is 7.52.